The number of halogens is 2. The van der Waals surface area contributed by atoms with Gasteiger partial charge in [-0.05, 0) is 34.3 Å². The van der Waals surface area contributed by atoms with Gasteiger partial charge in [0.2, 0.25) is 0 Å². The van der Waals surface area contributed by atoms with Crippen LogP contribution in [0.3, 0.4) is 0 Å². The Morgan fingerprint density at radius 3 is 2.95 bits per heavy atom. The number of unbranched alkanes of at least 4 members (excludes halogenated alkanes) is 1. The summed E-state index contributed by atoms with van der Waals surface area (Å²) in [5.74, 6) is 1.02. The van der Waals surface area contributed by atoms with Gasteiger partial charge in [-0.3, -0.25) is 4.79 Å². The highest BCUT2D eigenvalue weighted by atomic mass is 79.9. The molecule has 1 rings (SSSR count). The standard InChI is InChI=1S/C16H23BrClNO2S/c1-3-5-6-12(4-2)11-21-15(20)7-8-22-14-9-13(18)10-19-16(14)17/h9-10,12H,3-8,11H2,1-2H3. The van der Waals surface area contributed by atoms with Crippen LogP contribution >= 0.6 is 39.3 Å². The largest absolute Gasteiger partial charge is 0.465 e. The molecule has 0 saturated carbocycles. The van der Waals surface area contributed by atoms with Gasteiger partial charge in [-0.1, -0.05) is 44.7 Å². The molecule has 124 valence electrons. The molecule has 1 aromatic heterocycles. The van der Waals surface area contributed by atoms with Gasteiger partial charge in [0.05, 0.1) is 18.1 Å². The van der Waals surface area contributed by atoms with E-state index in [9.17, 15) is 4.79 Å². The fourth-order valence-electron chi connectivity index (χ4n) is 1.93. The Hall–Kier alpha value is -0.260. The fourth-order valence-corrected chi connectivity index (χ4v) is 3.58. The number of ether oxygens (including phenoxy) is 1. The van der Waals surface area contributed by atoms with E-state index in [2.05, 4.69) is 34.8 Å². The number of rotatable bonds is 10. The lowest BCUT2D eigenvalue weighted by Crippen LogP contribution is -2.14. The molecule has 22 heavy (non-hydrogen) atoms. The summed E-state index contributed by atoms with van der Waals surface area (Å²) in [6, 6.07) is 1.84. The number of nitrogens with zero attached hydrogens (tertiary/aromatic N) is 1. The van der Waals surface area contributed by atoms with E-state index in [0.29, 0.717) is 29.7 Å². The summed E-state index contributed by atoms with van der Waals surface area (Å²) in [6.45, 7) is 4.87. The lowest BCUT2D eigenvalue weighted by atomic mass is 10.0. The van der Waals surface area contributed by atoms with Crippen LogP contribution in [0.5, 0.6) is 0 Å². The second-order valence-electron chi connectivity index (χ2n) is 5.14. The predicted molar refractivity (Wildman–Crippen MR) is 96.6 cm³/mol. The molecular weight excluding hydrogens is 386 g/mol. The van der Waals surface area contributed by atoms with Crippen molar-refractivity contribution in [1.82, 2.24) is 4.98 Å². The molecule has 0 fully saturated rings. The molecule has 0 amide bonds. The molecule has 1 unspecified atom stereocenters. The van der Waals surface area contributed by atoms with Crippen molar-refractivity contribution in [3.05, 3.63) is 21.9 Å². The van der Waals surface area contributed by atoms with Crippen molar-refractivity contribution < 1.29 is 9.53 Å². The average molecular weight is 409 g/mol. The van der Waals surface area contributed by atoms with Crippen LogP contribution in [0.25, 0.3) is 0 Å². The molecular formula is C16H23BrClNO2S. The van der Waals surface area contributed by atoms with E-state index in [1.165, 1.54) is 12.8 Å². The lowest BCUT2D eigenvalue weighted by Gasteiger charge is -2.14. The van der Waals surface area contributed by atoms with Crippen molar-refractivity contribution >= 4 is 45.3 Å². The van der Waals surface area contributed by atoms with Crippen LogP contribution in [0.1, 0.15) is 46.0 Å². The number of aromatic nitrogens is 1. The van der Waals surface area contributed by atoms with Gasteiger partial charge in [0.1, 0.15) is 4.60 Å². The second kappa shape index (κ2) is 11.3. The number of thioether (sulfide) groups is 1. The summed E-state index contributed by atoms with van der Waals surface area (Å²) in [5, 5.41) is 0.593. The van der Waals surface area contributed by atoms with Gasteiger partial charge in [0.25, 0.3) is 0 Å². The van der Waals surface area contributed by atoms with E-state index in [1.807, 2.05) is 6.07 Å². The third-order valence-electron chi connectivity index (χ3n) is 3.36. The van der Waals surface area contributed by atoms with Crippen molar-refractivity contribution in [2.24, 2.45) is 5.92 Å². The summed E-state index contributed by atoms with van der Waals surface area (Å²) in [5.41, 5.74) is 0. The maximum Gasteiger partial charge on any atom is 0.306 e. The molecule has 3 nitrogen and oxygen atoms in total. The highest BCUT2D eigenvalue weighted by molar-refractivity contribution is 9.10. The fraction of sp³-hybridized carbons (Fsp3) is 0.625. The number of carbonyl (C=O) groups is 1. The molecule has 0 saturated heterocycles. The summed E-state index contributed by atoms with van der Waals surface area (Å²) in [7, 11) is 0. The minimum Gasteiger partial charge on any atom is -0.465 e. The maximum atomic E-state index is 11.8. The van der Waals surface area contributed by atoms with Crippen molar-refractivity contribution in [2.45, 2.75) is 50.8 Å². The van der Waals surface area contributed by atoms with Gasteiger partial charge in [-0.2, -0.15) is 0 Å². The van der Waals surface area contributed by atoms with E-state index < -0.39 is 0 Å². The number of carbonyl (C=O) groups excluding carboxylic acids is 1. The van der Waals surface area contributed by atoms with Gasteiger partial charge in [0, 0.05) is 16.8 Å². The minimum atomic E-state index is -0.131. The van der Waals surface area contributed by atoms with E-state index in [-0.39, 0.29) is 5.97 Å². The normalized spacial score (nSPS) is 12.2. The third-order valence-corrected chi connectivity index (χ3v) is 5.49. The van der Waals surface area contributed by atoms with Gasteiger partial charge in [-0.25, -0.2) is 4.98 Å². The van der Waals surface area contributed by atoms with Crippen molar-refractivity contribution in [3.8, 4) is 0 Å². The van der Waals surface area contributed by atoms with Crippen LogP contribution < -0.4 is 0 Å². The first-order valence-electron chi connectivity index (χ1n) is 7.66. The first-order chi connectivity index (χ1) is 10.6. The summed E-state index contributed by atoms with van der Waals surface area (Å²) in [4.78, 5) is 16.9. The number of pyridine rings is 1. The Kier molecular flexibility index (Phi) is 10.2. The summed E-state index contributed by atoms with van der Waals surface area (Å²) < 4.78 is 6.13. The van der Waals surface area contributed by atoms with Crippen LogP contribution in [0.2, 0.25) is 5.02 Å². The van der Waals surface area contributed by atoms with Crippen molar-refractivity contribution in [1.29, 1.82) is 0 Å². The van der Waals surface area contributed by atoms with E-state index in [4.69, 9.17) is 16.3 Å². The molecule has 0 aliphatic rings. The van der Waals surface area contributed by atoms with Crippen molar-refractivity contribution in [2.75, 3.05) is 12.4 Å². The minimum absolute atomic E-state index is 0.131. The third kappa shape index (κ3) is 7.84. The van der Waals surface area contributed by atoms with E-state index in [1.54, 1.807) is 18.0 Å². The molecule has 0 radical (unpaired) electrons. The maximum absolute atomic E-state index is 11.8. The van der Waals surface area contributed by atoms with Crippen LogP contribution in [0, 0.1) is 5.92 Å². The summed E-state index contributed by atoms with van der Waals surface area (Å²) in [6.07, 6.45) is 6.56. The zero-order chi connectivity index (χ0) is 16.4. The number of hydrogen-bond donors (Lipinski definition) is 0. The summed E-state index contributed by atoms with van der Waals surface area (Å²) >= 11 is 10.8. The van der Waals surface area contributed by atoms with E-state index in [0.717, 1.165) is 22.3 Å². The molecule has 1 aromatic rings. The second-order valence-corrected chi connectivity index (χ2v) is 7.46. The predicted octanol–water partition coefficient (Wildman–Crippen LogP) is 5.74. The lowest BCUT2D eigenvalue weighted by molar-refractivity contribution is -0.144. The molecule has 6 heteroatoms. The molecule has 1 atom stereocenters. The molecule has 0 aromatic carbocycles. The van der Waals surface area contributed by atoms with Crippen molar-refractivity contribution in [3.63, 3.8) is 0 Å². The molecule has 0 bridgehead atoms. The Balaban J connectivity index is 2.26. The number of hydrogen-bond acceptors (Lipinski definition) is 4. The zero-order valence-electron chi connectivity index (χ0n) is 13.1. The number of esters is 1. The van der Waals surface area contributed by atoms with Gasteiger partial charge < -0.3 is 4.74 Å². The highest BCUT2D eigenvalue weighted by Crippen LogP contribution is 2.28. The van der Waals surface area contributed by atoms with Gasteiger partial charge >= 0.3 is 5.97 Å². The van der Waals surface area contributed by atoms with Crippen LogP contribution in [0.4, 0.5) is 0 Å². The first kappa shape index (κ1) is 19.8. The quantitative estimate of drug-likeness (QED) is 0.281. The molecule has 0 aliphatic carbocycles. The van der Waals surface area contributed by atoms with Gasteiger partial charge in [0.15, 0.2) is 0 Å². The Morgan fingerprint density at radius 1 is 1.50 bits per heavy atom. The Labute approximate surface area is 150 Å². The van der Waals surface area contributed by atoms with Crippen LogP contribution in [-0.2, 0) is 9.53 Å². The van der Waals surface area contributed by atoms with Gasteiger partial charge in [-0.15, -0.1) is 11.8 Å². The average Bonchev–Trinajstić information content (AvgIpc) is 2.51. The first-order valence-corrected chi connectivity index (χ1v) is 9.81. The van der Waals surface area contributed by atoms with Crippen LogP contribution in [0.15, 0.2) is 21.8 Å². The van der Waals surface area contributed by atoms with Crippen LogP contribution in [-0.4, -0.2) is 23.3 Å². The Bertz CT molecular complexity index is 473. The molecule has 0 aliphatic heterocycles. The smallest absolute Gasteiger partial charge is 0.306 e. The highest BCUT2D eigenvalue weighted by Gasteiger charge is 2.11. The SMILES string of the molecule is CCCCC(CC)COC(=O)CCSc1cc(Cl)cnc1Br. The zero-order valence-corrected chi connectivity index (χ0v) is 16.3. The molecule has 0 N–H and O–H groups in total. The van der Waals surface area contributed by atoms with E-state index >= 15 is 0 Å². The molecule has 1 heterocycles. The molecule has 0 spiro atoms. The Morgan fingerprint density at radius 2 is 2.27 bits per heavy atom. The topological polar surface area (TPSA) is 39.2 Å². The monoisotopic (exact) mass is 407 g/mol.